The van der Waals surface area contributed by atoms with Crippen LogP contribution in [0.15, 0.2) is 60.2 Å². The zero-order chi connectivity index (χ0) is 16.0. The highest BCUT2D eigenvalue weighted by molar-refractivity contribution is 6.24. The maximum Gasteiger partial charge on any atom is 0.346 e. The lowest BCUT2D eigenvalue weighted by molar-refractivity contribution is -0.132. The molecule has 0 spiro atoms. The van der Waals surface area contributed by atoms with Crippen molar-refractivity contribution in [3.05, 3.63) is 65.7 Å². The van der Waals surface area contributed by atoms with E-state index in [9.17, 15) is 4.79 Å². The van der Waals surface area contributed by atoms with Gasteiger partial charge in [0.1, 0.15) is 11.6 Å². The maximum atomic E-state index is 11.2. The average Bonchev–Trinajstić information content (AvgIpc) is 2.57. The minimum absolute atomic E-state index is 0.264. The molecule has 0 amide bonds. The Morgan fingerprint density at radius 2 is 1.61 bits per heavy atom. The van der Waals surface area contributed by atoms with E-state index < -0.39 is 5.97 Å². The fourth-order valence-corrected chi connectivity index (χ4v) is 3.21. The van der Waals surface area contributed by atoms with E-state index in [-0.39, 0.29) is 5.57 Å². The Labute approximate surface area is 132 Å². The molecule has 3 nitrogen and oxygen atoms in total. The lowest BCUT2D eigenvalue weighted by Gasteiger charge is -2.13. The van der Waals surface area contributed by atoms with Crippen molar-refractivity contribution in [3.8, 4) is 6.07 Å². The van der Waals surface area contributed by atoms with E-state index in [1.165, 1.54) is 11.5 Å². The van der Waals surface area contributed by atoms with Gasteiger partial charge < -0.3 is 5.11 Å². The normalized spacial score (nSPS) is 12.0. The van der Waals surface area contributed by atoms with E-state index >= 15 is 0 Å². The summed E-state index contributed by atoms with van der Waals surface area (Å²) in [6.45, 7) is 0. The monoisotopic (exact) mass is 297 g/mol. The van der Waals surface area contributed by atoms with E-state index in [2.05, 4.69) is 18.2 Å². The lowest BCUT2D eigenvalue weighted by Crippen LogP contribution is -1.97. The van der Waals surface area contributed by atoms with Crippen molar-refractivity contribution in [2.24, 2.45) is 0 Å². The predicted octanol–water partition coefficient (Wildman–Crippen LogP) is 4.58. The van der Waals surface area contributed by atoms with Gasteiger partial charge in [-0.1, -0.05) is 48.5 Å². The third kappa shape index (κ3) is 1.93. The molecule has 0 aliphatic heterocycles. The van der Waals surface area contributed by atoms with Crippen LogP contribution in [0.3, 0.4) is 0 Å². The summed E-state index contributed by atoms with van der Waals surface area (Å²) in [6.07, 6.45) is 1.45. The zero-order valence-corrected chi connectivity index (χ0v) is 12.1. The van der Waals surface area contributed by atoms with Gasteiger partial charge >= 0.3 is 5.97 Å². The van der Waals surface area contributed by atoms with Crippen molar-refractivity contribution < 1.29 is 9.90 Å². The molecule has 0 aromatic heterocycles. The van der Waals surface area contributed by atoms with E-state index in [1.807, 2.05) is 36.4 Å². The number of benzene rings is 4. The van der Waals surface area contributed by atoms with Gasteiger partial charge in [-0.3, -0.25) is 0 Å². The molecule has 0 aliphatic rings. The fourth-order valence-electron chi connectivity index (χ4n) is 3.21. The SMILES string of the molecule is N#C/C(=C\c1cc2cccc3ccc4cccc1c4c32)C(=O)O. The van der Waals surface area contributed by atoms with Crippen LogP contribution in [0, 0.1) is 11.3 Å². The summed E-state index contributed by atoms with van der Waals surface area (Å²) in [7, 11) is 0. The Bertz CT molecular complexity index is 1150. The quantitative estimate of drug-likeness (QED) is 0.335. The molecule has 0 atom stereocenters. The van der Waals surface area contributed by atoms with Gasteiger partial charge in [0.05, 0.1) is 0 Å². The molecule has 0 radical (unpaired) electrons. The number of hydrogen-bond donors (Lipinski definition) is 1. The van der Waals surface area contributed by atoms with E-state index in [4.69, 9.17) is 10.4 Å². The van der Waals surface area contributed by atoms with Gasteiger partial charge in [-0.05, 0) is 50.0 Å². The number of hydrogen-bond acceptors (Lipinski definition) is 2. The summed E-state index contributed by atoms with van der Waals surface area (Å²) < 4.78 is 0. The highest BCUT2D eigenvalue weighted by Gasteiger charge is 2.12. The van der Waals surface area contributed by atoms with Crippen LogP contribution in [-0.4, -0.2) is 11.1 Å². The second-order valence-electron chi connectivity index (χ2n) is 5.49. The molecule has 108 valence electrons. The van der Waals surface area contributed by atoms with Gasteiger partial charge in [0.2, 0.25) is 0 Å². The number of carboxylic acids is 1. The van der Waals surface area contributed by atoms with Crippen molar-refractivity contribution in [2.45, 2.75) is 0 Å². The van der Waals surface area contributed by atoms with E-state index in [0.717, 1.165) is 32.5 Å². The van der Waals surface area contributed by atoms with Crippen LogP contribution in [0.4, 0.5) is 0 Å². The summed E-state index contributed by atoms with van der Waals surface area (Å²) in [5.74, 6) is -1.21. The van der Waals surface area contributed by atoms with Gasteiger partial charge in [-0.2, -0.15) is 5.26 Å². The van der Waals surface area contributed by atoms with Crippen LogP contribution in [0.2, 0.25) is 0 Å². The summed E-state index contributed by atoms with van der Waals surface area (Å²) in [6, 6.07) is 19.9. The predicted molar refractivity (Wildman–Crippen MR) is 91.4 cm³/mol. The molecule has 4 aromatic carbocycles. The molecule has 0 unspecified atom stereocenters. The topological polar surface area (TPSA) is 61.1 Å². The second-order valence-corrected chi connectivity index (χ2v) is 5.49. The number of aliphatic carboxylic acids is 1. The standard InChI is InChI=1S/C20H11NO2/c21-11-16(20(22)23)10-15-9-14-5-1-3-12-7-8-13-4-2-6-17(15)19(13)18(12)14/h1-10H,(H,22,23)/b16-10+. The molecule has 4 aromatic rings. The van der Waals surface area contributed by atoms with Gasteiger partial charge in [-0.25, -0.2) is 4.79 Å². The first-order chi connectivity index (χ1) is 11.2. The molecule has 0 saturated heterocycles. The minimum Gasteiger partial charge on any atom is -0.477 e. The van der Waals surface area contributed by atoms with Gasteiger partial charge in [0.15, 0.2) is 0 Å². The maximum absolute atomic E-state index is 11.2. The largest absolute Gasteiger partial charge is 0.477 e. The lowest BCUT2D eigenvalue weighted by atomic mass is 9.91. The van der Waals surface area contributed by atoms with Crippen LogP contribution in [0.25, 0.3) is 38.4 Å². The average molecular weight is 297 g/mol. The summed E-state index contributed by atoms with van der Waals surface area (Å²) in [5, 5.41) is 24.7. The van der Waals surface area contributed by atoms with Crippen molar-refractivity contribution in [3.63, 3.8) is 0 Å². The Morgan fingerprint density at radius 3 is 2.30 bits per heavy atom. The first-order valence-electron chi connectivity index (χ1n) is 7.20. The Kier molecular flexibility index (Phi) is 2.79. The number of nitriles is 1. The molecule has 3 heteroatoms. The minimum atomic E-state index is -1.21. The molecular formula is C20H11NO2. The van der Waals surface area contributed by atoms with Crippen LogP contribution >= 0.6 is 0 Å². The van der Waals surface area contributed by atoms with E-state index in [0.29, 0.717) is 0 Å². The van der Waals surface area contributed by atoms with E-state index in [1.54, 1.807) is 6.07 Å². The molecule has 0 fully saturated rings. The Balaban J connectivity index is 2.21. The molecule has 23 heavy (non-hydrogen) atoms. The van der Waals surface area contributed by atoms with Crippen molar-refractivity contribution in [1.82, 2.24) is 0 Å². The molecule has 0 aliphatic carbocycles. The van der Waals surface area contributed by atoms with Gasteiger partial charge in [-0.15, -0.1) is 0 Å². The highest BCUT2D eigenvalue weighted by Crippen LogP contribution is 2.37. The Morgan fingerprint density at radius 1 is 0.957 bits per heavy atom. The van der Waals surface area contributed by atoms with Crippen LogP contribution < -0.4 is 0 Å². The third-order valence-electron chi connectivity index (χ3n) is 4.19. The zero-order valence-electron chi connectivity index (χ0n) is 12.1. The first kappa shape index (κ1) is 13.3. The van der Waals surface area contributed by atoms with Crippen molar-refractivity contribution in [1.29, 1.82) is 5.26 Å². The molecule has 0 bridgehead atoms. The number of carboxylic acid groups (broad SMARTS) is 1. The number of carbonyl (C=O) groups is 1. The molecule has 0 saturated carbocycles. The smallest absolute Gasteiger partial charge is 0.346 e. The fraction of sp³-hybridized carbons (Fsp3) is 0. The molecule has 4 rings (SSSR count). The third-order valence-corrected chi connectivity index (χ3v) is 4.19. The van der Waals surface area contributed by atoms with Crippen LogP contribution in [0.5, 0.6) is 0 Å². The second kappa shape index (κ2) is 4.82. The Hall–Kier alpha value is -3.38. The van der Waals surface area contributed by atoms with Gasteiger partial charge in [0.25, 0.3) is 0 Å². The summed E-state index contributed by atoms with van der Waals surface area (Å²) >= 11 is 0. The summed E-state index contributed by atoms with van der Waals surface area (Å²) in [4.78, 5) is 11.2. The molecular weight excluding hydrogens is 286 g/mol. The van der Waals surface area contributed by atoms with Crippen LogP contribution in [-0.2, 0) is 4.79 Å². The van der Waals surface area contributed by atoms with Crippen LogP contribution in [0.1, 0.15) is 5.56 Å². The number of nitrogens with zero attached hydrogens (tertiary/aromatic N) is 1. The van der Waals surface area contributed by atoms with Gasteiger partial charge in [0, 0.05) is 0 Å². The van der Waals surface area contributed by atoms with Crippen molar-refractivity contribution >= 4 is 44.4 Å². The number of rotatable bonds is 2. The molecule has 1 N–H and O–H groups in total. The highest BCUT2D eigenvalue weighted by atomic mass is 16.4. The first-order valence-corrected chi connectivity index (χ1v) is 7.20. The van der Waals surface area contributed by atoms with Crippen molar-refractivity contribution in [2.75, 3.05) is 0 Å². The molecule has 0 heterocycles. The summed E-state index contributed by atoms with van der Waals surface area (Å²) in [5.41, 5.74) is 0.487.